The van der Waals surface area contributed by atoms with Crippen molar-refractivity contribution < 1.29 is 0 Å². The molecular weight excluding hydrogens is 232 g/mol. The Bertz CT molecular complexity index is 350. The number of hydrogen-bond donors (Lipinski definition) is 1. The zero-order chi connectivity index (χ0) is 13.5. The molecule has 1 aromatic carbocycles. The number of rotatable bonds is 6. The average molecular weight is 260 g/mol. The van der Waals surface area contributed by atoms with Gasteiger partial charge < -0.3 is 5.32 Å². The lowest BCUT2D eigenvalue weighted by Crippen LogP contribution is -2.46. The van der Waals surface area contributed by atoms with Crippen molar-refractivity contribution in [1.29, 1.82) is 0 Å². The Morgan fingerprint density at radius 2 is 2.11 bits per heavy atom. The summed E-state index contributed by atoms with van der Waals surface area (Å²) in [5.41, 5.74) is 1.44. The van der Waals surface area contributed by atoms with Crippen LogP contribution < -0.4 is 5.32 Å². The maximum atomic E-state index is 3.75. The number of piperidine rings is 1. The standard InChI is InChI=1S/C17H28N2/c1-3-15(2)12-18-17-10-7-11-19(14-17)13-16-8-5-4-6-9-16/h4-6,8-9,15,17-18H,3,7,10-14H2,1-2H3. The van der Waals surface area contributed by atoms with Crippen LogP contribution in [0.4, 0.5) is 0 Å². The first-order valence-electron chi connectivity index (χ1n) is 7.77. The van der Waals surface area contributed by atoms with Gasteiger partial charge in [-0.2, -0.15) is 0 Å². The molecule has 1 N–H and O–H groups in total. The Hall–Kier alpha value is -0.860. The summed E-state index contributed by atoms with van der Waals surface area (Å²) in [6, 6.07) is 11.5. The van der Waals surface area contributed by atoms with E-state index in [9.17, 15) is 0 Å². The zero-order valence-electron chi connectivity index (χ0n) is 12.4. The van der Waals surface area contributed by atoms with E-state index < -0.39 is 0 Å². The highest BCUT2D eigenvalue weighted by atomic mass is 15.2. The fourth-order valence-corrected chi connectivity index (χ4v) is 2.72. The smallest absolute Gasteiger partial charge is 0.0234 e. The molecule has 0 radical (unpaired) electrons. The van der Waals surface area contributed by atoms with Gasteiger partial charge in [0.1, 0.15) is 0 Å². The van der Waals surface area contributed by atoms with Gasteiger partial charge in [-0.3, -0.25) is 4.90 Å². The van der Waals surface area contributed by atoms with E-state index in [-0.39, 0.29) is 0 Å². The SMILES string of the molecule is CCC(C)CNC1CCCN(Cc2ccccc2)C1. The van der Waals surface area contributed by atoms with E-state index in [0.717, 1.165) is 12.5 Å². The van der Waals surface area contributed by atoms with Crippen molar-refractivity contribution >= 4 is 0 Å². The van der Waals surface area contributed by atoms with Crippen molar-refractivity contribution in [2.75, 3.05) is 19.6 Å². The van der Waals surface area contributed by atoms with Crippen LogP contribution >= 0.6 is 0 Å². The van der Waals surface area contributed by atoms with Crippen LogP contribution in [-0.2, 0) is 6.54 Å². The highest BCUT2D eigenvalue weighted by Gasteiger charge is 2.19. The van der Waals surface area contributed by atoms with E-state index >= 15 is 0 Å². The van der Waals surface area contributed by atoms with Crippen molar-refractivity contribution in [1.82, 2.24) is 10.2 Å². The largest absolute Gasteiger partial charge is 0.312 e. The molecule has 1 saturated heterocycles. The van der Waals surface area contributed by atoms with Crippen LogP contribution in [0.25, 0.3) is 0 Å². The minimum absolute atomic E-state index is 0.687. The third-order valence-corrected chi connectivity index (χ3v) is 4.21. The number of hydrogen-bond acceptors (Lipinski definition) is 2. The molecule has 19 heavy (non-hydrogen) atoms. The highest BCUT2D eigenvalue weighted by Crippen LogP contribution is 2.14. The van der Waals surface area contributed by atoms with Crippen molar-refractivity contribution in [3.63, 3.8) is 0 Å². The van der Waals surface area contributed by atoms with Gasteiger partial charge in [0.05, 0.1) is 0 Å². The number of nitrogens with one attached hydrogen (secondary N) is 1. The normalized spacial score (nSPS) is 22.3. The van der Waals surface area contributed by atoms with E-state index in [4.69, 9.17) is 0 Å². The van der Waals surface area contributed by atoms with Gasteiger partial charge in [-0.15, -0.1) is 0 Å². The average Bonchev–Trinajstić information content (AvgIpc) is 2.46. The lowest BCUT2D eigenvalue weighted by atomic mass is 10.0. The lowest BCUT2D eigenvalue weighted by molar-refractivity contribution is 0.180. The first kappa shape index (κ1) is 14.5. The summed E-state index contributed by atoms with van der Waals surface area (Å²) in [5, 5.41) is 3.75. The third kappa shape index (κ3) is 4.96. The molecule has 1 heterocycles. The van der Waals surface area contributed by atoms with Crippen LogP contribution in [0.3, 0.4) is 0 Å². The molecule has 0 bridgehead atoms. The van der Waals surface area contributed by atoms with Gasteiger partial charge in [0.2, 0.25) is 0 Å². The van der Waals surface area contributed by atoms with Gasteiger partial charge in [0.15, 0.2) is 0 Å². The Balaban J connectivity index is 1.77. The Morgan fingerprint density at radius 3 is 2.84 bits per heavy atom. The zero-order valence-corrected chi connectivity index (χ0v) is 12.4. The Morgan fingerprint density at radius 1 is 1.32 bits per heavy atom. The summed E-state index contributed by atoms with van der Waals surface area (Å²) < 4.78 is 0. The molecule has 0 aromatic heterocycles. The molecule has 2 atom stereocenters. The molecule has 0 aliphatic carbocycles. The first-order chi connectivity index (χ1) is 9.28. The molecule has 2 rings (SSSR count). The quantitative estimate of drug-likeness (QED) is 0.844. The van der Waals surface area contributed by atoms with E-state index in [1.165, 1.54) is 44.5 Å². The monoisotopic (exact) mass is 260 g/mol. The second kappa shape index (κ2) is 7.66. The highest BCUT2D eigenvalue weighted by molar-refractivity contribution is 5.14. The van der Waals surface area contributed by atoms with Crippen molar-refractivity contribution in [2.45, 2.75) is 45.7 Å². The van der Waals surface area contributed by atoms with Gasteiger partial charge in [0, 0.05) is 19.1 Å². The van der Waals surface area contributed by atoms with Crippen LogP contribution in [0, 0.1) is 5.92 Å². The Kier molecular flexibility index (Phi) is 5.87. The van der Waals surface area contributed by atoms with Crippen molar-refractivity contribution in [2.24, 2.45) is 5.92 Å². The minimum Gasteiger partial charge on any atom is -0.312 e. The molecule has 0 amide bonds. The summed E-state index contributed by atoms with van der Waals surface area (Å²) in [6.45, 7) is 9.32. The summed E-state index contributed by atoms with van der Waals surface area (Å²) in [7, 11) is 0. The third-order valence-electron chi connectivity index (χ3n) is 4.21. The maximum absolute atomic E-state index is 3.75. The predicted molar refractivity (Wildman–Crippen MR) is 82.2 cm³/mol. The maximum Gasteiger partial charge on any atom is 0.0234 e. The fourth-order valence-electron chi connectivity index (χ4n) is 2.72. The van der Waals surface area contributed by atoms with Gasteiger partial charge in [-0.05, 0) is 37.4 Å². The van der Waals surface area contributed by atoms with E-state index in [1.807, 2.05) is 0 Å². The molecule has 2 heteroatoms. The van der Waals surface area contributed by atoms with Crippen LogP contribution in [0.15, 0.2) is 30.3 Å². The number of benzene rings is 1. The minimum atomic E-state index is 0.687. The summed E-state index contributed by atoms with van der Waals surface area (Å²) in [6.07, 6.45) is 3.93. The molecular formula is C17H28N2. The molecule has 1 aromatic rings. The van der Waals surface area contributed by atoms with Crippen LogP contribution in [0.1, 0.15) is 38.7 Å². The molecule has 2 nitrogen and oxygen atoms in total. The fraction of sp³-hybridized carbons (Fsp3) is 0.647. The summed E-state index contributed by atoms with van der Waals surface area (Å²) in [5.74, 6) is 0.796. The van der Waals surface area contributed by atoms with Gasteiger partial charge in [-0.1, -0.05) is 50.6 Å². The lowest BCUT2D eigenvalue weighted by Gasteiger charge is -2.33. The second-order valence-electron chi connectivity index (χ2n) is 5.98. The molecule has 0 spiro atoms. The number of likely N-dealkylation sites (tertiary alicyclic amines) is 1. The molecule has 1 aliphatic heterocycles. The van der Waals surface area contributed by atoms with Crippen LogP contribution in [0.5, 0.6) is 0 Å². The summed E-state index contributed by atoms with van der Waals surface area (Å²) >= 11 is 0. The molecule has 0 saturated carbocycles. The first-order valence-corrected chi connectivity index (χ1v) is 7.77. The summed E-state index contributed by atoms with van der Waals surface area (Å²) in [4.78, 5) is 2.59. The van der Waals surface area contributed by atoms with E-state index in [0.29, 0.717) is 6.04 Å². The van der Waals surface area contributed by atoms with Gasteiger partial charge >= 0.3 is 0 Å². The van der Waals surface area contributed by atoms with E-state index in [1.54, 1.807) is 0 Å². The van der Waals surface area contributed by atoms with Crippen LogP contribution in [0.2, 0.25) is 0 Å². The predicted octanol–water partition coefficient (Wildman–Crippen LogP) is 3.29. The Labute approximate surface area is 118 Å². The van der Waals surface area contributed by atoms with E-state index in [2.05, 4.69) is 54.4 Å². The molecule has 2 unspecified atom stereocenters. The van der Waals surface area contributed by atoms with Gasteiger partial charge in [-0.25, -0.2) is 0 Å². The van der Waals surface area contributed by atoms with Gasteiger partial charge in [0.25, 0.3) is 0 Å². The molecule has 1 fully saturated rings. The molecule has 106 valence electrons. The topological polar surface area (TPSA) is 15.3 Å². The number of nitrogens with zero attached hydrogens (tertiary/aromatic N) is 1. The second-order valence-corrected chi connectivity index (χ2v) is 5.98. The molecule has 1 aliphatic rings. The van der Waals surface area contributed by atoms with Crippen molar-refractivity contribution in [3.05, 3.63) is 35.9 Å². The van der Waals surface area contributed by atoms with Crippen LogP contribution in [-0.4, -0.2) is 30.6 Å². The van der Waals surface area contributed by atoms with Crippen molar-refractivity contribution in [3.8, 4) is 0 Å².